The van der Waals surface area contributed by atoms with Gasteiger partial charge >= 0.3 is 0 Å². The Labute approximate surface area is 137 Å². The zero-order chi connectivity index (χ0) is 16.1. The number of hydrogen-bond donors (Lipinski definition) is 2. The van der Waals surface area contributed by atoms with Crippen molar-refractivity contribution in [2.45, 2.75) is 6.92 Å². The highest BCUT2D eigenvalue weighted by Crippen LogP contribution is 2.07. The summed E-state index contributed by atoms with van der Waals surface area (Å²) in [6.45, 7) is 3.01. The van der Waals surface area contributed by atoms with Crippen LogP contribution < -0.4 is 10.6 Å². The topological polar surface area (TPSA) is 84.7 Å². The number of aromatic nitrogens is 4. The summed E-state index contributed by atoms with van der Waals surface area (Å²) in [5.41, 5.74) is 1.61. The van der Waals surface area contributed by atoms with Crippen molar-refractivity contribution in [3.05, 3.63) is 52.5 Å². The molecule has 7 nitrogen and oxygen atoms in total. The number of anilines is 1. The van der Waals surface area contributed by atoms with Crippen molar-refractivity contribution in [1.82, 2.24) is 25.3 Å². The van der Waals surface area contributed by atoms with Crippen molar-refractivity contribution in [2.24, 2.45) is 0 Å². The van der Waals surface area contributed by atoms with Crippen LogP contribution in [0.2, 0.25) is 0 Å². The second kappa shape index (κ2) is 7.01. The first-order chi connectivity index (χ1) is 11.2. The molecule has 0 radical (unpaired) electrons. The predicted molar refractivity (Wildman–Crippen MR) is 89.0 cm³/mol. The monoisotopic (exact) mass is 328 g/mol. The van der Waals surface area contributed by atoms with Gasteiger partial charge in [0.2, 0.25) is 0 Å². The maximum atomic E-state index is 11.8. The van der Waals surface area contributed by atoms with Crippen LogP contribution in [-0.4, -0.2) is 39.0 Å². The minimum atomic E-state index is -0.0662. The van der Waals surface area contributed by atoms with E-state index in [0.717, 1.165) is 5.69 Å². The number of amides is 1. The maximum absolute atomic E-state index is 11.8. The van der Waals surface area contributed by atoms with Crippen LogP contribution in [0.5, 0.6) is 0 Å². The molecule has 118 valence electrons. The van der Waals surface area contributed by atoms with E-state index in [0.29, 0.717) is 30.3 Å². The third-order valence-corrected chi connectivity index (χ3v) is 3.79. The van der Waals surface area contributed by atoms with Crippen molar-refractivity contribution in [3.63, 3.8) is 0 Å². The van der Waals surface area contributed by atoms with Gasteiger partial charge in [-0.2, -0.15) is 16.4 Å². The molecule has 0 aliphatic heterocycles. The molecule has 0 fully saturated rings. The van der Waals surface area contributed by atoms with Crippen molar-refractivity contribution >= 4 is 23.1 Å². The molecular formula is C15H16N6OS. The molecule has 3 rings (SSSR count). The molecule has 2 N–H and O–H groups in total. The summed E-state index contributed by atoms with van der Waals surface area (Å²) in [6.07, 6.45) is 1.84. The minimum Gasteiger partial charge on any atom is -0.367 e. The van der Waals surface area contributed by atoms with E-state index in [2.05, 4.69) is 25.9 Å². The molecule has 0 aliphatic carbocycles. The van der Waals surface area contributed by atoms with E-state index in [1.54, 1.807) is 10.7 Å². The largest absolute Gasteiger partial charge is 0.367 e. The van der Waals surface area contributed by atoms with Gasteiger partial charge in [-0.1, -0.05) is 0 Å². The number of rotatable bonds is 6. The molecule has 0 unspecified atom stereocenters. The Morgan fingerprint density at radius 3 is 2.78 bits per heavy atom. The van der Waals surface area contributed by atoms with E-state index >= 15 is 0 Å². The predicted octanol–water partition coefficient (Wildman–Crippen LogP) is 1.87. The number of thiophene rings is 1. The molecule has 0 spiro atoms. The summed E-state index contributed by atoms with van der Waals surface area (Å²) in [5.74, 6) is 1.25. The van der Waals surface area contributed by atoms with Crippen LogP contribution in [0.1, 0.15) is 16.1 Å². The summed E-state index contributed by atoms with van der Waals surface area (Å²) in [7, 11) is 0. The molecule has 23 heavy (non-hydrogen) atoms. The molecular weight excluding hydrogens is 312 g/mol. The Morgan fingerprint density at radius 2 is 2.13 bits per heavy atom. The normalized spacial score (nSPS) is 10.5. The standard InChI is InChI=1S/C15H16N6OS/c1-11-4-8-21(20-11)14-3-2-13(18-19-14)16-6-7-17-15(22)12-5-9-23-10-12/h2-5,8-10H,6-7H2,1H3,(H,16,18)(H,17,22). The number of aryl methyl sites for hydroxylation is 1. The highest BCUT2D eigenvalue weighted by atomic mass is 32.1. The molecule has 0 aliphatic rings. The van der Waals surface area contributed by atoms with Gasteiger partial charge in [0.25, 0.3) is 5.91 Å². The van der Waals surface area contributed by atoms with Gasteiger partial charge in [-0.05, 0) is 36.6 Å². The lowest BCUT2D eigenvalue weighted by Crippen LogP contribution is -2.28. The number of carbonyl (C=O) groups excluding carboxylic acids is 1. The van der Waals surface area contributed by atoms with Gasteiger partial charge in [-0.15, -0.1) is 10.2 Å². The van der Waals surface area contributed by atoms with Gasteiger partial charge in [-0.25, -0.2) is 4.68 Å². The Hall–Kier alpha value is -2.74. The summed E-state index contributed by atoms with van der Waals surface area (Å²) < 4.78 is 1.67. The number of carbonyl (C=O) groups is 1. The van der Waals surface area contributed by atoms with Gasteiger partial charge < -0.3 is 10.6 Å². The van der Waals surface area contributed by atoms with Crippen molar-refractivity contribution in [1.29, 1.82) is 0 Å². The zero-order valence-corrected chi connectivity index (χ0v) is 13.4. The fourth-order valence-electron chi connectivity index (χ4n) is 1.95. The number of nitrogens with one attached hydrogen (secondary N) is 2. The van der Waals surface area contributed by atoms with E-state index in [4.69, 9.17) is 0 Å². The molecule has 0 bridgehead atoms. The van der Waals surface area contributed by atoms with E-state index in [9.17, 15) is 4.79 Å². The van der Waals surface area contributed by atoms with Crippen LogP contribution in [0.3, 0.4) is 0 Å². The van der Waals surface area contributed by atoms with Crippen molar-refractivity contribution in [3.8, 4) is 5.82 Å². The Bertz CT molecular complexity index is 766. The van der Waals surface area contributed by atoms with E-state index in [1.165, 1.54) is 11.3 Å². The quantitative estimate of drug-likeness (QED) is 0.675. The van der Waals surface area contributed by atoms with E-state index in [-0.39, 0.29) is 5.91 Å². The first kappa shape index (κ1) is 15.2. The lowest BCUT2D eigenvalue weighted by atomic mass is 10.3. The second-order valence-electron chi connectivity index (χ2n) is 4.87. The first-order valence-corrected chi connectivity index (χ1v) is 8.07. The fourth-order valence-corrected chi connectivity index (χ4v) is 2.58. The molecule has 3 aromatic heterocycles. The lowest BCUT2D eigenvalue weighted by Gasteiger charge is -2.07. The highest BCUT2D eigenvalue weighted by Gasteiger charge is 2.04. The zero-order valence-electron chi connectivity index (χ0n) is 12.6. The summed E-state index contributed by atoms with van der Waals surface area (Å²) in [6, 6.07) is 7.38. The molecule has 0 atom stereocenters. The van der Waals surface area contributed by atoms with Crippen LogP contribution in [0.25, 0.3) is 5.82 Å². The van der Waals surface area contributed by atoms with Crippen LogP contribution in [-0.2, 0) is 0 Å². The minimum absolute atomic E-state index is 0.0662. The summed E-state index contributed by atoms with van der Waals surface area (Å²) in [5, 5.41) is 22.1. The number of hydrogen-bond acceptors (Lipinski definition) is 6. The van der Waals surface area contributed by atoms with Crippen molar-refractivity contribution in [2.75, 3.05) is 18.4 Å². The third kappa shape index (κ3) is 3.92. The SMILES string of the molecule is Cc1ccn(-c2ccc(NCCNC(=O)c3ccsc3)nn2)n1. The van der Waals surface area contributed by atoms with Gasteiger partial charge in [0.05, 0.1) is 5.69 Å². The fraction of sp³-hybridized carbons (Fsp3) is 0.200. The van der Waals surface area contributed by atoms with Gasteiger partial charge in [-0.3, -0.25) is 4.79 Å². The molecule has 1 amide bonds. The lowest BCUT2D eigenvalue weighted by molar-refractivity contribution is 0.0955. The molecule has 3 heterocycles. The second-order valence-corrected chi connectivity index (χ2v) is 5.65. The molecule has 0 saturated heterocycles. The molecule has 3 aromatic rings. The average molecular weight is 328 g/mol. The molecule has 0 aromatic carbocycles. The van der Waals surface area contributed by atoms with Crippen molar-refractivity contribution < 1.29 is 4.79 Å². The van der Waals surface area contributed by atoms with E-state index in [1.807, 2.05) is 42.1 Å². The molecule has 8 heteroatoms. The van der Waals surface area contributed by atoms with Gasteiger partial charge in [0, 0.05) is 30.2 Å². The van der Waals surface area contributed by atoms with Crippen LogP contribution in [0.4, 0.5) is 5.82 Å². The number of nitrogens with zero attached hydrogens (tertiary/aromatic N) is 4. The Balaban J connectivity index is 1.46. The average Bonchev–Trinajstić information content (AvgIpc) is 3.23. The van der Waals surface area contributed by atoms with Gasteiger partial charge in [0.1, 0.15) is 5.82 Å². The van der Waals surface area contributed by atoms with Crippen LogP contribution in [0, 0.1) is 6.92 Å². The third-order valence-electron chi connectivity index (χ3n) is 3.11. The van der Waals surface area contributed by atoms with Gasteiger partial charge in [0.15, 0.2) is 5.82 Å². The Morgan fingerprint density at radius 1 is 1.22 bits per heavy atom. The summed E-state index contributed by atoms with van der Waals surface area (Å²) in [4.78, 5) is 11.8. The first-order valence-electron chi connectivity index (χ1n) is 7.13. The van der Waals surface area contributed by atoms with Crippen LogP contribution in [0.15, 0.2) is 41.2 Å². The maximum Gasteiger partial charge on any atom is 0.252 e. The smallest absolute Gasteiger partial charge is 0.252 e. The summed E-state index contributed by atoms with van der Waals surface area (Å²) >= 11 is 1.50. The Kier molecular flexibility index (Phi) is 4.62. The van der Waals surface area contributed by atoms with Crippen LogP contribution >= 0.6 is 11.3 Å². The highest BCUT2D eigenvalue weighted by molar-refractivity contribution is 7.08. The van der Waals surface area contributed by atoms with E-state index < -0.39 is 0 Å². The molecule has 0 saturated carbocycles.